The SMILES string of the molecule is Cl.O=C(O)CCCCN(CCC(F)(F)F)CC1CC1. The van der Waals surface area contributed by atoms with Crippen LogP contribution in [0.25, 0.3) is 0 Å². The summed E-state index contributed by atoms with van der Waals surface area (Å²) in [5, 5.41) is 8.48. The van der Waals surface area contributed by atoms with Gasteiger partial charge in [-0.25, -0.2) is 0 Å². The highest BCUT2D eigenvalue weighted by molar-refractivity contribution is 5.85. The minimum absolute atomic E-state index is 0. The summed E-state index contributed by atoms with van der Waals surface area (Å²) >= 11 is 0. The normalized spacial score (nSPS) is 15.4. The summed E-state index contributed by atoms with van der Waals surface area (Å²) in [5.74, 6) is -0.295. The lowest BCUT2D eigenvalue weighted by atomic mass is 10.2. The topological polar surface area (TPSA) is 40.5 Å². The van der Waals surface area contributed by atoms with Crippen LogP contribution < -0.4 is 0 Å². The number of hydrogen-bond donors (Lipinski definition) is 1. The van der Waals surface area contributed by atoms with Crippen molar-refractivity contribution in [2.24, 2.45) is 5.92 Å². The first kappa shape index (κ1) is 18.5. The van der Waals surface area contributed by atoms with Gasteiger partial charge in [0.1, 0.15) is 0 Å². The lowest BCUT2D eigenvalue weighted by Gasteiger charge is -2.22. The van der Waals surface area contributed by atoms with E-state index in [1.54, 1.807) is 0 Å². The molecule has 0 saturated heterocycles. The monoisotopic (exact) mass is 303 g/mol. The Morgan fingerprint density at radius 1 is 1.21 bits per heavy atom. The number of nitrogens with zero attached hydrogens (tertiary/aromatic N) is 1. The highest BCUT2D eigenvalue weighted by atomic mass is 35.5. The minimum Gasteiger partial charge on any atom is -0.481 e. The molecule has 19 heavy (non-hydrogen) atoms. The molecule has 1 fully saturated rings. The molecule has 1 rings (SSSR count). The number of unbranched alkanes of at least 4 members (excludes halogenated alkanes) is 1. The van der Waals surface area contributed by atoms with E-state index in [0.29, 0.717) is 25.3 Å². The van der Waals surface area contributed by atoms with Crippen LogP contribution in [0.3, 0.4) is 0 Å². The van der Waals surface area contributed by atoms with Crippen molar-refractivity contribution in [3.8, 4) is 0 Å². The fourth-order valence-corrected chi connectivity index (χ4v) is 1.86. The number of carbonyl (C=O) groups is 1. The Bertz CT molecular complexity index is 270. The largest absolute Gasteiger partial charge is 0.481 e. The van der Waals surface area contributed by atoms with E-state index in [1.165, 1.54) is 0 Å². The maximum absolute atomic E-state index is 12.2. The minimum atomic E-state index is -4.11. The molecule has 0 aromatic rings. The van der Waals surface area contributed by atoms with Gasteiger partial charge in [-0.05, 0) is 38.1 Å². The second-order valence-corrected chi connectivity index (χ2v) is 4.96. The molecule has 1 aliphatic rings. The summed E-state index contributed by atoms with van der Waals surface area (Å²) in [7, 11) is 0. The van der Waals surface area contributed by atoms with Crippen molar-refractivity contribution < 1.29 is 23.1 Å². The molecule has 0 bridgehead atoms. The molecule has 0 unspecified atom stereocenters. The summed E-state index contributed by atoms with van der Waals surface area (Å²) in [5.41, 5.74) is 0. The molecule has 0 atom stereocenters. The molecule has 1 N–H and O–H groups in total. The molecule has 0 spiro atoms. The predicted octanol–water partition coefficient (Wildman–Crippen LogP) is 3.33. The number of rotatable bonds is 9. The molecule has 0 aromatic heterocycles. The van der Waals surface area contributed by atoms with Crippen LogP contribution in [-0.4, -0.2) is 41.8 Å². The Kier molecular flexibility index (Phi) is 8.41. The zero-order chi connectivity index (χ0) is 13.6. The first-order valence-electron chi connectivity index (χ1n) is 6.38. The Balaban J connectivity index is 0.00000324. The smallest absolute Gasteiger partial charge is 0.390 e. The summed E-state index contributed by atoms with van der Waals surface area (Å²) in [6, 6.07) is 0. The number of aliphatic carboxylic acids is 1. The van der Waals surface area contributed by atoms with Crippen molar-refractivity contribution in [2.45, 2.75) is 44.7 Å². The van der Waals surface area contributed by atoms with Crippen molar-refractivity contribution >= 4 is 18.4 Å². The summed E-state index contributed by atoms with van der Waals surface area (Å²) < 4.78 is 36.5. The van der Waals surface area contributed by atoms with E-state index in [-0.39, 0.29) is 25.4 Å². The van der Waals surface area contributed by atoms with Gasteiger partial charge in [0.25, 0.3) is 0 Å². The van der Waals surface area contributed by atoms with Gasteiger partial charge in [-0.15, -0.1) is 12.4 Å². The number of carboxylic acid groups (broad SMARTS) is 1. The zero-order valence-electron chi connectivity index (χ0n) is 10.8. The maximum Gasteiger partial charge on any atom is 0.390 e. The van der Waals surface area contributed by atoms with Crippen LogP contribution in [0, 0.1) is 5.92 Å². The molecule has 0 radical (unpaired) electrons. The Morgan fingerprint density at radius 2 is 1.84 bits per heavy atom. The van der Waals surface area contributed by atoms with Crippen molar-refractivity contribution in [3.63, 3.8) is 0 Å². The van der Waals surface area contributed by atoms with Gasteiger partial charge in [0.05, 0.1) is 6.42 Å². The second kappa shape index (κ2) is 8.64. The summed E-state index contributed by atoms with van der Waals surface area (Å²) in [6.07, 6.45) is -1.40. The molecule has 0 aliphatic heterocycles. The van der Waals surface area contributed by atoms with Gasteiger partial charge >= 0.3 is 12.1 Å². The van der Waals surface area contributed by atoms with Gasteiger partial charge in [-0.3, -0.25) is 4.79 Å². The third kappa shape index (κ3) is 11.1. The molecule has 1 aliphatic carbocycles. The van der Waals surface area contributed by atoms with Gasteiger partial charge in [-0.1, -0.05) is 0 Å². The fourth-order valence-electron chi connectivity index (χ4n) is 1.86. The molecule has 0 aromatic carbocycles. The van der Waals surface area contributed by atoms with Crippen LogP contribution in [0.4, 0.5) is 13.2 Å². The van der Waals surface area contributed by atoms with E-state index < -0.39 is 18.6 Å². The van der Waals surface area contributed by atoms with E-state index in [9.17, 15) is 18.0 Å². The van der Waals surface area contributed by atoms with Crippen LogP contribution in [-0.2, 0) is 4.79 Å². The molecular weight excluding hydrogens is 283 g/mol. The van der Waals surface area contributed by atoms with Gasteiger partial charge < -0.3 is 10.0 Å². The third-order valence-electron chi connectivity index (χ3n) is 3.04. The first-order valence-corrected chi connectivity index (χ1v) is 6.38. The van der Waals surface area contributed by atoms with Crippen molar-refractivity contribution in [1.29, 1.82) is 0 Å². The van der Waals surface area contributed by atoms with Gasteiger partial charge in [0.2, 0.25) is 0 Å². The molecular formula is C12H21ClF3NO2. The summed E-state index contributed by atoms with van der Waals surface area (Å²) in [4.78, 5) is 12.2. The van der Waals surface area contributed by atoms with Crippen LogP contribution in [0.2, 0.25) is 0 Å². The fraction of sp³-hybridized carbons (Fsp3) is 0.917. The molecule has 3 nitrogen and oxygen atoms in total. The highest BCUT2D eigenvalue weighted by Crippen LogP contribution is 2.30. The van der Waals surface area contributed by atoms with E-state index in [2.05, 4.69) is 0 Å². The lowest BCUT2D eigenvalue weighted by molar-refractivity contribution is -0.138. The quantitative estimate of drug-likeness (QED) is 0.664. The van der Waals surface area contributed by atoms with Crippen LogP contribution in [0.5, 0.6) is 0 Å². The van der Waals surface area contributed by atoms with Crippen molar-refractivity contribution in [2.75, 3.05) is 19.6 Å². The summed E-state index contributed by atoms with van der Waals surface area (Å²) in [6.45, 7) is 1.33. The van der Waals surface area contributed by atoms with E-state index >= 15 is 0 Å². The Morgan fingerprint density at radius 3 is 2.32 bits per heavy atom. The number of halogens is 4. The molecule has 0 amide bonds. The lowest BCUT2D eigenvalue weighted by Crippen LogP contribution is -2.31. The predicted molar refractivity (Wildman–Crippen MR) is 68.6 cm³/mol. The highest BCUT2D eigenvalue weighted by Gasteiger charge is 2.29. The van der Waals surface area contributed by atoms with E-state index in [1.807, 2.05) is 4.90 Å². The van der Waals surface area contributed by atoms with Crippen molar-refractivity contribution in [1.82, 2.24) is 4.90 Å². The maximum atomic E-state index is 12.2. The van der Waals surface area contributed by atoms with Crippen LogP contribution in [0.1, 0.15) is 38.5 Å². The molecule has 1 saturated carbocycles. The molecule has 0 heterocycles. The standard InChI is InChI=1S/C12H20F3NO2.ClH/c13-12(14,15)6-8-16(9-10-4-5-10)7-2-1-3-11(17)18;/h10H,1-9H2,(H,17,18);1H. The number of hydrogen-bond acceptors (Lipinski definition) is 2. The van der Waals surface area contributed by atoms with E-state index in [0.717, 1.165) is 19.4 Å². The van der Waals surface area contributed by atoms with Crippen LogP contribution in [0.15, 0.2) is 0 Å². The van der Waals surface area contributed by atoms with Gasteiger partial charge in [0, 0.05) is 19.5 Å². The molecule has 114 valence electrons. The second-order valence-electron chi connectivity index (χ2n) is 4.96. The van der Waals surface area contributed by atoms with Gasteiger partial charge in [-0.2, -0.15) is 13.2 Å². The van der Waals surface area contributed by atoms with Crippen LogP contribution >= 0.6 is 12.4 Å². The average molecular weight is 304 g/mol. The van der Waals surface area contributed by atoms with E-state index in [4.69, 9.17) is 5.11 Å². The Labute approximate surface area is 117 Å². The Hall–Kier alpha value is -0.490. The van der Waals surface area contributed by atoms with Crippen molar-refractivity contribution in [3.05, 3.63) is 0 Å². The number of alkyl halides is 3. The van der Waals surface area contributed by atoms with Gasteiger partial charge in [0.15, 0.2) is 0 Å². The first-order chi connectivity index (χ1) is 8.37. The number of carboxylic acids is 1. The third-order valence-corrected chi connectivity index (χ3v) is 3.04. The average Bonchev–Trinajstić information content (AvgIpc) is 3.02. The zero-order valence-corrected chi connectivity index (χ0v) is 11.6. The molecule has 7 heteroatoms.